The number of aliphatic imine (C=N–C) groups is 3. The second-order valence-electron chi connectivity index (χ2n) is 29.9. The number of ether oxygens (including phenoxy) is 6. The smallest absolute Gasteiger partial charge is 0.657 e. The number of esters is 1. The van der Waals surface area contributed by atoms with Crippen molar-refractivity contribution in [3.8, 4) is 23.0 Å². The number of carbonyl (C=O) groups is 1. The second kappa shape index (κ2) is 50.2. The summed E-state index contributed by atoms with van der Waals surface area (Å²) < 4.78 is 37.6. The van der Waals surface area contributed by atoms with Gasteiger partial charge in [0.25, 0.3) is 0 Å². The first kappa shape index (κ1) is 86.8. The minimum absolute atomic E-state index is 0. The van der Waals surface area contributed by atoms with Crippen LogP contribution in [0.15, 0.2) is 166 Å². The topological polar surface area (TPSA) is 147 Å². The quantitative estimate of drug-likeness (QED) is 0.0211. The molecule has 0 saturated carbocycles. The first-order valence-electron chi connectivity index (χ1n) is 42.5. The molecule has 109 heavy (non-hydrogen) atoms. The minimum atomic E-state index is -0.427. The van der Waals surface area contributed by atoms with Crippen LogP contribution in [0.4, 0.5) is 0 Å². The van der Waals surface area contributed by atoms with E-state index in [-0.39, 0.29) is 19.5 Å². The summed E-state index contributed by atoms with van der Waals surface area (Å²) in [6.07, 6.45) is 62.2. The van der Waals surface area contributed by atoms with E-state index in [0.717, 1.165) is 118 Å². The van der Waals surface area contributed by atoms with Crippen molar-refractivity contribution in [3.63, 3.8) is 0 Å². The van der Waals surface area contributed by atoms with Crippen molar-refractivity contribution in [2.24, 2.45) is 15.0 Å². The summed E-state index contributed by atoms with van der Waals surface area (Å²) in [6.45, 7) is 11.5. The number of methoxy groups -OCH3 is 2. The molecule has 0 saturated heterocycles. The van der Waals surface area contributed by atoms with Crippen molar-refractivity contribution in [1.29, 1.82) is 0 Å². The number of rotatable bonds is 53. The third-order valence-electron chi connectivity index (χ3n) is 21.3. The number of allylic oxidation sites excluding steroid dienone is 8. The fourth-order valence-electron chi connectivity index (χ4n) is 14.9. The molecule has 4 aliphatic rings. The van der Waals surface area contributed by atoms with Crippen LogP contribution < -0.4 is 39.5 Å². The van der Waals surface area contributed by atoms with Crippen LogP contribution >= 0.6 is 0 Å². The van der Waals surface area contributed by atoms with E-state index in [1.54, 1.807) is 24.3 Å². The standard InChI is InChI=1S/C96H130N4O8.Zn/c1-7-11-15-19-23-27-31-35-39-43-67-105-87-65-55-77(71-89(87)107-69-45-41-37-33-29-25-21-17-13-9-3)93-83-61-59-81(98-83)91(73-47-51-75(52-48-73)95(101)103-5)79-57-58-80(97-79)92(74-49-53-76(54-50-74)96(102)104-6)82-60-62-84(99-82)94(86-64-63-85(93)100-86)78-56-66-88(106-68-44-40-36-32-28-24-20-16-12-8-2)90(72-78)108-70-46-42-38-34-30-26-22-18-14-10-4;/h47-66,71-72H,7-46,67-70H2,1-6H3,(H2,97,98,99,100,101,102);/q;+2/p-2. The Balaban J connectivity index is 0.0000150. The van der Waals surface area contributed by atoms with Gasteiger partial charge in [0, 0.05) is 11.1 Å². The van der Waals surface area contributed by atoms with Crippen LogP contribution in [0.25, 0.3) is 28.2 Å². The van der Waals surface area contributed by atoms with E-state index in [9.17, 15) is 9.90 Å². The molecular formula is C96H128N4O8Zn. The number of unbranched alkanes of at least 4 members (excludes halogenated alkanes) is 36. The SMILES string of the molecule is CCCCCCCCCCCCOc1ccc(C2=C3C=CC(=N3)C(c3ccc(OCCCCCCCCCCCC)c(OCCCCCCCCCCCC)c3)=C3C=CC(=N3)C(=c3ccc(=C([O-])OC)cc3)c3ccc([n-]3)C(c3ccc(C(=O)OC)cc3)=C3C=CC2=N3)cc1OCCCCCCCCCCCC.[Zn+2]. The van der Waals surface area contributed by atoms with Crippen LogP contribution in [0, 0.1) is 0 Å². The third-order valence-corrected chi connectivity index (χ3v) is 21.3. The van der Waals surface area contributed by atoms with Gasteiger partial charge in [-0.15, -0.1) is 11.4 Å². The maximum atomic E-state index is 12.9. The maximum Gasteiger partial charge on any atom is 2.00 e. The van der Waals surface area contributed by atoms with Gasteiger partial charge in [0.15, 0.2) is 23.0 Å². The zero-order valence-corrected chi connectivity index (χ0v) is 70.5. The Morgan fingerprint density at radius 2 is 0.642 bits per heavy atom. The van der Waals surface area contributed by atoms with Crippen molar-refractivity contribution in [2.75, 3.05) is 40.6 Å². The largest absolute Gasteiger partial charge is 2.00 e. The Morgan fingerprint density at radius 3 is 0.991 bits per heavy atom. The monoisotopic (exact) mass is 1530 g/mol. The summed E-state index contributed by atoms with van der Waals surface area (Å²) in [5.41, 5.74) is 11.7. The van der Waals surface area contributed by atoms with Crippen molar-refractivity contribution in [3.05, 3.63) is 195 Å². The minimum Gasteiger partial charge on any atom is -0.657 e. The molecule has 8 bridgehead atoms. The van der Waals surface area contributed by atoms with E-state index in [2.05, 4.69) is 101 Å². The summed E-state index contributed by atoms with van der Waals surface area (Å²) in [5, 5.41) is 14.2. The van der Waals surface area contributed by atoms with Gasteiger partial charge in [-0.05, 0) is 144 Å². The summed E-state index contributed by atoms with van der Waals surface area (Å²) in [4.78, 5) is 35.4. The Labute approximate surface area is 667 Å². The number of carbonyl (C=O) groups excluding carboxylic acids is 1. The van der Waals surface area contributed by atoms with Gasteiger partial charge in [-0.25, -0.2) is 19.8 Å². The van der Waals surface area contributed by atoms with Gasteiger partial charge in [0.1, 0.15) is 0 Å². The first-order chi connectivity index (χ1) is 53.2. The molecule has 0 fully saturated rings. The van der Waals surface area contributed by atoms with Crippen LogP contribution in [-0.4, -0.2) is 63.8 Å². The van der Waals surface area contributed by atoms with E-state index >= 15 is 0 Å². The molecule has 582 valence electrons. The van der Waals surface area contributed by atoms with E-state index in [1.165, 1.54) is 220 Å². The molecule has 0 atom stereocenters. The fraction of sp³-hybridized carbons (Fsp3) is 0.521. The molecule has 13 heteroatoms. The van der Waals surface area contributed by atoms with Gasteiger partial charge >= 0.3 is 25.4 Å². The zero-order valence-electron chi connectivity index (χ0n) is 67.6. The number of fused-ring (bicyclic) bond motifs is 5. The normalized spacial score (nSPS) is 13.7. The molecule has 5 aromatic rings. The van der Waals surface area contributed by atoms with Crippen LogP contribution in [0.2, 0.25) is 0 Å². The van der Waals surface area contributed by atoms with Crippen molar-refractivity contribution in [1.82, 2.24) is 4.98 Å². The third kappa shape index (κ3) is 27.9. The molecule has 1 aromatic heterocycles. The van der Waals surface area contributed by atoms with Gasteiger partial charge in [-0.2, -0.15) is 0 Å². The first-order valence-corrected chi connectivity index (χ1v) is 42.5. The molecule has 0 amide bonds. The summed E-state index contributed by atoms with van der Waals surface area (Å²) in [6, 6.07) is 31.6. The maximum absolute atomic E-state index is 12.9. The van der Waals surface area contributed by atoms with Crippen molar-refractivity contribution in [2.45, 2.75) is 285 Å². The molecule has 0 N–H and O–H groups in total. The van der Waals surface area contributed by atoms with Crippen molar-refractivity contribution >= 4 is 51.3 Å². The van der Waals surface area contributed by atoms with E-state index in [1.807, 2.05) is 36.4 Å². The molecule has 4 aliphatic heterocycles. The zero-order chi connectivity index (χ0) is 75.6. The second-order valence-corrected chi connectivity index (χ2v) is 29.9. The van der Waals surface area contributed by atoms with Crippen LogP contribution in [0.5, 0.6) is 23.0 Å². The van der Waals surface area contributed by atoms with Gasteiger partial charge in [-0.3, -0.25) is 0 Å². The van der Waals surface area contributed by atoms with Gasteiger partial charge in [-0.1, -0.05) is 320 Å². The van der Waals surface area contributed by atoms with Crippen molar-refractivity contribution < 1.29 is 57.8 Å². The number of hydrogen-bond acceptors (Lipinski definition) is 11. The Bertz CT molecular complexity index is 4010. The predicted molar refractivity (Wildman–Crippen MR) is 448 cm³/mol. The van der Waals surface area contributed by atoms with E-state index in [4.69, 9.17) is 48.4 Å². The molecule has 5 heterocycles. The summed E-state index contributed by atoms with van der Waals surface area (Å²) in [5.74, 6) is 2.02. The number of nitrogens with zero attached hydrogens (tertiary/aromatic N) is 4. The number of aromatic nitrogens is 1. The number of hydrogen-bond donors (Lipinski definition) is 0. The molecular weight excluding hydrogens is 1400 g/mol. The fourth-order valence-corrected chi connectivity index (χ4v) is 14.9. The molecule has 0 unspecified atom stereocenters. The van der Waals surface area contributed by atoms with E-state index in [0.29, 0.717) is 82.9 Å². The Kier molecular flexibility index (Phi) is 40.0. The van der Waals surface area contributed by atoms with Crippen LogP contribution in [-0.2, 0) is 29.0 Å². The Morgan fingerprint density at radius 1 is 0.330 bits per heavy atom. The molecule has 9 rings (SSSR count). The molecule has 0 aliphatic carbocycles. The number of benzene rings is 4. The van der Waals surface area contributed by atoms with E-state index < -0.39 is 11.9 Å². The van der Waals surface area contributed by atoms with Gasteiger partial charge in [0.05, 0.1) is 79.3 Å². The molecule has 0 radical (unpaired) electrons. The Hall–Kier alpha value is -7.76. The average molecular weight is 1530 g/mol. The predicted octanol–water partition coefficient (Wildman–Crippen LogP) is 23.5. The average Bonchev–Trinajstić information content (AvgIpc) is 1.62. The molecule has 0 spiro atoms. The van der Waals surface area contributed by atoms with Gasteiger partial charge in [0.2, 0.25) is 0 Å². The summed E-state index contributed by atoms with van der Waals surface area (Å²) >= 11 is 0. The molecule has 4 aromatic carbocycles. The van der Waals surface area contributed by atoms with Gasteiger partial charge < -0.3 is 38.5 Å². The van der Waals surface area contributed by atoms with Crippen LogP contribution in [0.1, 0.15) is 323 Å². The van der Waals surface area contributed by atoms with Crippen LogP contribution in [0.3, 0.4) is 0 Å². The molecule has 12 nitrogen and oxygen atoms in total. The summed E-state index contributed by atoms with van der Waals surface area (Å²) in [7, 11) is 2.78.